The summed E-state index contributed by atoms with van der Waals surface area (Å²) in [6.45, 7) is 6.11. The molecule has 1 atom stereocenters. The van der Waals surface area contributed by atoms with E-state index in [1.807, 2.05) is 25.1 Å². The zero-order valence-electron chi connectivity index (χ0n) is 15.0. The average Bonchev–Trinajstić information content (AvgIpc) is 3.00. The molecule has 0 spiro atoms. The summed E-state index contributed by atoms with van der Waals surface area (Å²) >= 11 is 1.76. The minimum absolute atomic E-state index is 0.333. The summed E-state index contributed by atoms with van der Waals surface area (Å²) in [7, 11) is 0. The van der Waals surface area contributed by atoms with Gasteiger partial charge in [0.2, 0.25) is 0 Å². The maximum absolute atomic E-state index is 9.87. The van der Waals surface area contributed by atoms with Gasteiger partial charge in [-0.25, -0.2) is 9.97 Å². The molecule has 3 rings (SSSR count). The first-order chi connectivity index (χ1) is 12.6. The van der Waals surface area contributed by atoms with Crippen molar-refractivity contribution in [2.45, 2.75) is 33.0 Å². The molecule has 2 aromatic heterocycles. The molecule has 0 saturated heterocycles. The molecule has 5 nitrogen and oxygen atoms in total. The van der Waals surface area contributed by atoms with Crippen molar-refractivity contribution < 1.29 is 9.84 Å². The molecule has 0 aliphatic carbocycles. The normalized spacial score (nSPS) is 12.3. The van der Waals surface area contributed by atoms with Crippen molar-refractivity contribution in [2.24, 2.45) is 0 Å². The Balaban J connectivity index is 1.71. The van der Waals surface area contributed by atoms with Crippen LogP contribution in [-0.2, 0) is 13.1 Å². The van der Waals surface area contributed by atoms with E-state index in [2.05, 4.69) is 39.3 Å². The second-order valence-corrected chi connectivity index (χ2v) is 7.33. The Morgan fingerprint density at radius 1 is 1.15 bits per heavy atom. The molecule has 1 N–H and O–H groups in total. The Morgan fingerprint density at radius 3 is 2.65 bits per heavy atom. The Morgan fingerprint density at radius 2 is 1.96 bits per heavy atom. The minimum Gasteiger partial charge on any atom is -0.424 e. The third-order valence-corrected chi connectivity index (χ3v) is 4.92. The number of aliphatic hydroxyl groups excluding tert-OH is 1. The van der Waals surface area contributed by atoms with Crippen LogP contribution in [0.4, 0.5) is 0 Å². The lowest BCUT2D eigenvalue weighted by atomic mass is 10.2. The predicted octanol–water partition coefficient (Wildman–Crippen LogP) is 4.02. The van der Waals surface area contributed by atoms with E-state index >= 15 is 0 Å². The zero-order valence-corrected chi connectivity index (χ0v) is 15.8. The summed E-state index contributed by atoms with van der Waals surface area (Å²) in [6.07, 6.45) is 2.92. The monoisotopic (exact) mass is 369 g/mol. The fourth-order valence-corrected chi connectivity index (χ4v) is 3.68. The van der Waals surface area contributed by atoms with Crippen LogP contribution in [0.15, 0.2) is 54.2 Å². The first-order valence-corrected chi connectivity index (χ1v) is 9.45. The topological polar surface area (TPSA) is 58.5 Å². The first kappa shape index (κ1) is 18.5. The highest BCUT2D eigenvalue weighted by Gasteiger charge is 2.13. The van der Waals surface area contributed by atoms with E-state index < -0.39 is 0 Å². The molecule has 0 amide bonds. The molecule has 1 aromatic carbocycles. The number of hydrogen-bond acceptors (Lipinski definition) is 6. The quantitative estimate of drug-likeness (QED) is 0.650. The van der Waals surface area contributed by atoms with E-state index in [4.69, 9.17) is 4.74 Å². The van der Waals surface area contributed by atoms with Crippen molar-refractivity contribution in [2.75, 3.05) is 6.54 Å². The second-order valence-electron chi connectivity index (χ2n) is 6.33. The number of rotatable bonds is 8. The number of thiophene rings is 1. The molecule has 2 heterocycles. The van der Waals surface area contributed by atoms with Crippen LogP contribution in [0, 0.1) is 6.92 Å². The van der Waals surface area contributed by atoms with Crippen LogP contribution in [0.3, 0.4) is 0 Å². The van der Waals surface area contributed by atoms with Crippen molar-refractivity contribution in [1.82, 2.24) is 14.9 Å². The number of benzene rings is 1. The van der Waals surface area contributed by atoms with Gasteiger partial charge in [0, 0.05) is 36.9 Å². The highest BCUT2D eigenvalue weighted by Crippen LogP contribution is 2.22. The van der Waals surface area contributed by atoms with E-state index in [9.17, 15) is 5.11 Å². The smallest absolute Gasteiger partial charge is 0.321 e. The molecule has 0 radical (unpaired) electrons. The highest BCUT2D eigenvalue weighted by atomic mass is 32.1. The lowest BCUT2D eigenvalue weighted by molar-refractivity contribution is 0.118. The number of nitrogens with zero attached hydrogens (tertiary/aromatic N) is 3. The lowest BCUT2D eigenvalue weighted by Crippen LogP contribution is -2.30. The average molecular weight is 369 g/mol. The number of aryl methyl sites for hydroxylation is 1. The van der Waals surface area contributed by atoms with E-state index in [1.54, 1.807) is 29.8 Å². The Hall–Kier alpha value is -2.28. The van der Waals surface area contributed by atoms with Gasteiger partial charge in [-0.15, -0.1) is 11.3 Å². The summed E-state index contributed by atoms with van der Waals surface area (Å²) in [5, 5.41) is 12.0. The Labute approximate surface area is 157 Å². The maximum atomic E-state index is 9.87. The molecule has 0 saturated carbocycles. The van der Waals surface area contributed by atoms with Crippen LogP contribution >= 0.6 is 11.3 Å². The number of aliphatic hydroxyl groups is 1. The van der Waals surface area contributed by atoms with Crippen LogP contribution in [0.5, 0.6) is 11.8 Å². The molecular weight excluding hydrogens is 346 g/mol. The Kier molecular flexibility index (Phi) is 6.33. The molecule has 136 valence electrons. The summed E-state index contributed by atoms with van der Waals surface area (Å²) in [4.78, 5) is 11.8. The fourth-order valence-electron chi connectivity index (χ4n) is 2.74. The van der Waals surface area contributed by atoms with Crippen molar-refractivity contribution >= 4 is 11.3 Å². The molecule has 6 heteroatoms. The third kappa shape index (κ3) is 5.36. The Bertz CT molecular complexity index is 821. The summed E-state index contributed by atoms with van der Waals surface area (Å²) in [6, 6.07) is 12.1. The van der Waals surface area contributed by atoms with E-state index in [0.29, 0.717) is 18.3 Å². The zero-order chi connectivity index (χ0) is 18.4. The molecule has 0 fully saturated rings. The van der Waals surface area contributed by atoms with Crippen molar-refractivity contribution in [3.63, 3.8) is 0 Å². The van der Waals surface area contributed by atoms with Gasteiger partial charge in [0.15, 0.2) is 0 Å². The minimum atomic E-state index is -0.382. The standard InChI is InChI=1S/C20H23N3O2S/c1-15-7-10-26-19(15)14-23(12-16(2)24)13-17-5-3-6-18(11-17)25-20-21-8-4-9-22-20/h3-11,16,24H,12-14H2,1-2H3/t16-/m1/s1. The van der Waals surface area contributed by atoms with Gasteiger partial charge >= 0.3 is 6.01 Å². The number of aromatic nitrogens is 2. The third-order valence-electron chi connectivity index (χ3n) is 3.91. The SMILES string of the molecule is Cc1ccsc1CN(Cc1cccc(Oc2ncccn2)c1)C[C@@H](C)O. The largest absolute Gasteiger partial charge is 0.424 e. The van der Waals surface area contributed by atoms with Gasteiger partial charge in [0.25, 0.3) is 0 Å². The van der Waals surface area contributed by atoms with Crippen LogP contribution in [0.1, 0.15) is 22.9 Å². The molecular formula is C20H23N3O2S. The molecule has 0 unspecified atom stereocenters. The fraction of sp³-hybridized carbons (Fsp3) is 0.300. The van der Waals surface area contributed by atoms with Gasteiger partial charge in [0.1, 0.15) is 5.75 Å². The first-order valence-electron chi connectivity index (χ1n) is 8.57. The molecule has 0 bridgehead atoms. The second kappa shape index (κ2) is 8.89. The molecule has 26 heavy (non-hydrogen) atoms. The van der Waals surface area contributed by atoms with E-state index in [1.165, 1.54) is 10.4 Å². The maximum Gasteiger partial charge on any atom is 0.321 e. The summed E-state index contributed by atoms with van der Waals surface area (Å²) < 4.78 is 5.72. The lowest BCUT2D eigenvalue weighted by Gasteiger charge is -2.24. The summed E-state index contributed by atoms with van der Waals surface area (Å²) in [5.74, 6) is 0.706. The van der Waals surface area contributed by atoms with Crippen molar-refractivity contribution in [1.29, 1.82) is 0 Å². The number of hydrogen-bond donors (Lipinski definition) is 1. The summed E-state index contributed by atoms with van der Waals surface area (Å²) in [5.41, 5.74) is 2.41. The van der Waals surface area contributed by atoms with Crippen LogP contribution in [-0.4, -0.2) is 32.6 Å². The van der Waals surface area contributed by atoms with E-state index in [0.717, 1.165) is 18.7 Å². The molecule has 0 aliphatic rings. The molecule has 0 aliphatic heterocycles. The van der Waals surface area contributed by atoms with Crippen molar-refractivity contribution in [3.8, 4) is 11.8 Å². The molecule has 3 aromatic rings. The predicted molar refractivity (Wildman–Crippen MR) is 103 cm³/mol. The van der Waals surface area contributed by atoms with Gasteiger partial charge in [-0.05, 0) is 54.6 Å². The van der Waals surface area contributed by atoms with Gasteiger partial charge < -0.3 is 9.84 Å². The van der Waals surface area contributed by atoms with E-state index in [-0.39, 0.29) is 6.10 Å². The van der Waals surface area contributed by atoms with Crippen molar-refractivity contribution in [3.05, 3.63) is 70.2 Å². The van der Waals surface area contributed by atoms with Gasteiger partial charge in [-0.1, -0.05) is 12.1 Å². The van der Waals surface area contributed by atoms with Crippen LogP contribution in [0.2, 0.25) is 0 Å². The highest BCUT2D eigenvalue weighted by molar-refractivity contribution is 7.10. The van der Waals surface area contributed by atoms with Gasteiger partial charge in [-0.3, -0.25) is 4.90 Å². The van der Waals surface area contributed by atoms with Gasteiger partial charge in [0.05, 0.1) is 6.10 Å². The number of ether oxygens (including phenoxy) is 1. The van der Waals surface area contributed by atoms with Crippen LogP contribution < -0.4 is 4.74 Å². The van der Waals surface area contributed by atoms with Crippen LogP contribution in [0.25, 0.3) is 0 Å². The van der Waals surface area contributed by atoms with Gasteiger partial charge in [-0.2, -0.15) is 0 Å².